The number of aromatic nitrogens is 1. The van der Waals surface area contributed by atoms with E-state index in [1.54, 1.807) is 12.1 Å². The number of pyridine rings is 1. The molecule has 0 aliphatic heterocycles. The van der Waals surface area contributed by atoms with Gasteiger partial charge in [-0.3, -0.25) is 14.6 Å². The highest BCUT2D eigenvalue weighted by Gasteiger charge is 2.35. The van der Waals surface area contributed by atoms with Gasteiger partial charge in [-0.15, -0.1) is 0 Å². The lowest BCUT2D eigenvalue weighted by atomic mass is 9.83. The fourth-order valence-electron chi connectivity index (χ4n) is 2.74. The largest absolute Gasteiger partial charge is 0.419 e. The van der Waals surface area contributed by atoms with Crippen LogP contribution in [0.4, 0.5) is 17.6 Å². The molecule has 3 rings (SSSR count). The second-order valence-electron chi connectivity index (χ2n) is 5.64. The summed E-state index contributed by atoms with van der Waals surface area (Å²) in [6, 6.07) is 6.79. The van der Waals surface area contributed by atoms with Crippen molar-refractivity contribution >= 4 is 11.6 Å². The van der Waals surface area contributed by atoms with E-state index in [4.69, 9.17) is 0 Å². The number of carbonyl (C=O) groups excluding carboxylic acids is 2. The maximum Gasteiger partial charge on any atom is 0.419 e. The number of halogens is 4. The van der Waals surface area contributed by atoms with Crippen LogP contribution in [0.1, 0.15) is 38.9 Å². The molecule has 1 heterocycles. The van der Waals surface area contributed by atoms with Gasteiger partial charge < -0.3 is 0 Å². The van der Waals surface area contributed by atoms with Crippen LogP contribution in [0, 0.1) is 5.82 Å². The Morgan fingerprint density at radius 1 is 1.04 bits per heavy atom. The van der Waals surface area contributed by atoms with E-state index in [2.05, 4.69) is 4.98 Å². The number of nitrogens with zero attached hydrogens (tertiary/aromatic N) is 1. The molecule has 0 unspecified atom stereocenters. The zero-order valence-corrected chi connectivity index (χ0v) is 12.9. The van der Waals surface area contributed by atoms with Crippen LogP contribution in [0.2, 0.25) is 0 Å². The summed E-state index contributed by atoms with van der Waals surface area (Å²) in [6.45, 7) is 1.44. The molecule has 2 aromatic rings. The molecular formula is C18H11F4NO2. The molecule has 1 aliphatic carbocycles. The van der Waals surface area contributed by atoms with E-state index in [0.717, 1.165) is 0 Å². The molecule has 0 radical (unpaired) electrons. The summed E-state index contributed by atoms with van der Waals surface area (Å²) in [5, 5.41) is 0. The molecule has 25 heavy (non-hydrogen) atoms. The summed E-state index contributed by atoms with van der Waals surface area (Å²) in [5.74, 6) is -2.28. The zero-order valence-electron chi connectivity index (χ0n) is 12.9. The average molecular weight is 349 g/mol. The Morgan fingerprint density at radius 3 is 2.24 bits per heavy atom. The molecular weight excluding hydrogens is 338 g/mol. The summed E-state index contributed by atoms with van der Waals surface area (Å²) >= 11 is 0. The number of allylic oxidation sites excluding steroid dienone is 2. The van der Waals surface area contributed by atoms with Gasteiger partial charge >= 0.3 is 6.18 Å². The minimum absolute atomic E-state index is 0.0657. The molecule has 1 aliphatic rings. The van der Waals surface area contributed by atoms with Crippen molar-refractivity contribution in [2.24, 2.45) is 0 Å². The normalized spacial score (nSPS) is 14.8. The monoisotopic (exact) mass is 349 g/mol. The fraction of sp³-hybridized carbons (Fsp3) is 0.167. The van der Waals surface area contributed by atoms with E-state index in [9.17, 15) is 27.2 Å². The second kappa shape index (κ2) is 5.91. The number of hydrogen-bond donors (Lipinski definition) is 0. The van der Waals surface area contributed by atoms with Crippen LogP contribution in [0.5, 0.6) is 0 Å². The molecule has 0 amide bonds. The topological polar surface area (TPSA) is 47.0 Å². The zero-order chi connectivity index (χ0) is 18.4. The van der Waals surface area contributed by atoms with E-state index in [-0.39, 0.29) is 40.2 Å². The Balaban J connectivity index is 2.03. The van der Waals surface area contributed by atoms with E-state index in [1.807, 2.05) is 0 Å². The molecule has 7 heteroatoms. The summed E-state index contributed by atoms with van der Waals surface area (Å²) < 4.78 is 51.8. The first-order valence-electron chi connectivity index (χ1n) is 7.30. The maximum atomic E-state index is 13.3. The molecule has 0 atom stereocenters. The highest BCUT2D eigenvalue weighted by Crippen LogP contribution is 2.33. The predicted molar refractivity (Wildman–Crippen MR) is 80.7 cm³/mol. The predicted octanol–water partition coefficient (Wildman–Crippen LogP) is 4.18. The Bertz CT molecular complexity index is 929. The number of hydrogen-bond acceptors (Lipinski definition) is 3. The highest BCUT2D eigenvalue weighted by atomic mass is 19.4. The molecule has 0 fully saturated rings. The first kappa shape index (κ1) is 17.0. The van der Waals surface area contributed by atoms with Crippen LogP contribution in [0.25, 0.3) is 0 Å². The van der Waals surface area contributed by atoms with E-state index >= 15 is 0 Å². The molecule has 0 saturated carbocycles. The van der Waals surface area contributed by atoms with Crippen molar-refractivity contribution in [2.45, 2.75) is 19.5 Å². The minimum Gasteiger partial charge on any atom is -0.289 e. The summed E-state index contributed by atoms with van der Waals surface area (Å²) in [6.07, 6.45) is -4.69. The molecule has 1 aromatic heterocycles. The van der Waals surface area contributed by atoms with Gasteiger partial charge in [-0.1, -0.05) is 24.3 Å². The first-order chi connectivity index (χ1) is 11.7. The third-order valence-electron chi connectivity index (χ3n) is 4.06. The van der Waals surface area contributed by atoms with E-state index < -0.39 is 23.3 Å². The first-order valence-corrected chi connectivity index (χ1v) is 7.30. The van der Waals surface area contributed by atoms with Crippen LogP contribution in [0.15, 0.2) is 47.7 Å². The van der Waals surface area contributed by atoms with Crippen molar-refractivity contribution in [3.63, 3.8) is 0 Å². The lowest BCUT2D eigenvalue weighted by Gasteiger charge is -2.19. The smallest absolute Gasteiger partial charge is 0.289 e. The quantitative estimate of drug-likeness (QED) is 0.764. The number of Topliss-reactive ketones (excluding diaryl/α,β-unsaturated/α-hetero) is 2. The number of rotatable bonds is 2. The highest BCUT2D eigenvalue weighted by molar-refractivity contribution is 6.26. The van der Waals surface area contributed by atoms with Gasteiger partial charge in [0.05, 0.1) is 11.8 Å². The SMILES string of the molecule is CC1=C(Cc2cc(C(F)(F)F)c(F)cn2)C(=O)c2ccccc2C1=O. The third-order valence-corrected chi connectivity index (χ3v) is 4.06. The van der Waals surface area contributed by atoms with Crippen molar-refractivity contribution in [3.05, 3.63) is 75.9 Å². The molecule has 128 valence electrons. The van der Waals surface area contributed by atoms with Crippen molar-refractivity contribution in [1.82, 2.24) is 4.98 Å². The van der Waals surface area contributed by atoms with Gasteiger partial charge in [0, 0.05) is 34.4 Å². The Morgan fingerprint density at radius 2 is 1.64 bits per heavy atom. The number of carbonyl (C=O) groups is 2. The van der Waals surface area contributed by atoms with Crippen molar-refractivity contribution in [1.29, 1.82) is 0 Å². The molecule has 0 N–H and O–H groups in total. The number of fused-ring (bicyclic) bond motifs is 1. The molecule has 3 nitrogen and oxygen atoms in total. The van der Waals surface area contributed by atoms with Gasteiger partial charge in [0.2, 0.25) is 0 Å². The van der Waals surface area contributed by atoms with Crippen LogP contribution in [-0.4, -0.2) is 16.6 Å². The standard InChI is InChI=1S/C18H11F4NO2/c1-9-13(17(25)12-5-3-2-4-11(12)16(9)24)6-10-7-14(18(20,21)22)15(19)8-23-10/h2-5,7-8H,6H2,1H3. The molecule has 0 spiro atoms. The third kappa shape index (κ3) is 2.97. The average Bonchev–Trinajstić information content (AvgIpc) is 2.57. The van der Waals surface area contributed by atoms with Crippen LogP contribution >= 0.6 is 0 Å². The maximum absolute atomic E-state index is 13.3. The molecule has 0 bridgehead atoms. The molecule has 0 saturated heterocycles. The summed E-state index contributed by atoms with van der Waals surface area (Å²) in [5.41, 5.74) is -0.906. The van der Waals surface area contributed by atoms with Gasteiger partial charge in [0.15, 0.2) is 17.4 Å². The van der Waals surface area contributed by atoms with Gasteiger partial charge in [0.25, 0.3) is 0 Å². The minimum atomic E-state index is -4.87. The number of benzene rings is 1. The Kier molecular flexibility index (Phi) is 4.02. The number of ketones is 2. The van der Waals surface area contributed by atoms with Gasteiger partial charge in [-0.2, -0.15) is 13.2 Å². The van der Waals surface area contributed by atoms with Crippen LogP contribution in [-0.2, 0) is 12.6 Å². The van der Waals surface area contributed by atoms with Crippen molar-refractivity contribution in [3.8, 4) is 0 Å². The van der Waals surface area contributed by atoms with E-state index in [1.165, 1.54) is 19.1 Å². The lowest BCUT2D eigenvalue weighted by molar-refractivity contribution is -0.140. The van der Waals surface area contributed by atoms with Gasteiger partial charge in [-0.25, -0.2) is 4.39 Å². The second-order valence-corrected chi connectivity index (χ2v) is 5.64. The van der Waals surface area contributed by atoms with Crippen LogP contribution in [0.3, 0.4) is 0 Å². The van der Waals surface area contributed by atoms with Crippen LogP contribution < -0.4 is 0 Å². The van der Waals surface area contributed by atoms with E-state index in [0.29, 0.717) is 12.3 Å². The Labute approximate surface area is 140 Å². The van der Waals surface area contributed by atoms with Gasteiger partial charge in [-0.05, 0) is 13.0 Å². The van der Waals surface area contributed by atoms with Gasteiger partial charge in [0.1, 0.15) is 0 Å². The number of alkyl halides is 3. The Hall–Kier alpha value is -2.83. The van der Waals surface area contributed by atoms with Crippen molar-refractivity contribution in [2.75, 3.05) is 0 Å². The lowest BCUT2D eigenvalue weighted by Crippen LogP contribution is -2.22. The van der Waals surface area contributed by atoms with Crippen molar-refractivity contribution < 1.29 is 27.2 Å². The summed E-state index contributed by atoms with van der Waals surface area (Å²) in [7, 11) is 0. The molecule has 1 aromatic carbocycles. The summed E-state index contributed by atoms with van der Waals surface area (Å²) in [4.78, 5) is 28.6. The fourth-order valence-corrected chi connectivity index (χ4v) is 2.74.